The molecule has 3 heterocycles. The molecule has 0 aliphatic heterocycles. The Morgan fingerprint density at radius 1 is 1.36 bits per heavy atom. The SMILES string of the molecule is Cc1c(C(=O)OCc2nc(-c3ccsc3)no2)oc2ccc(Cl)cc12. The van der Waals surface area contributed by atoms with Gasteiger partial charge in [0, 0.05) is 26.9 Å². The van der Waals surface area contributed by atoms with E-state index in [2.05, 4.69) is 10.1 Å². The molecule has 4 rings (SSSR count). The van der Waals surface area contributed by atoms with Crippen molar-refractivity contribution in [1.82, 2.24) is 10.1 Å². The molecule has 0 aliphatic carbocycles. The molecular formula is C17H11ClN2O4S. The van der Waals surface area contributed by atoms with Crippen molar-refractivity contribution in [3.8, 4) is 11.4 Å². The van der Waals surface area contributed by atoms with Crippen molar-refractivity contribution in [2.75, 3.05) is 0 Å². The van der Waals surface area contributed by atoms with Crippen molar-refractivity contribution < 1.29 is 18.5 Å². The van der Waals surface area contributed by atoms with Gasteiger partial charge in [-0.25, -0.2) is 4.79 Å². The van der Waals surface area contributed by atoms with Crippen molar-refractivity contribution in [1.29, 1.82) is 0 Å². The molecule has 0 amide bonds. The number of thiophene rings is 1. The largest absolute Gasteiger partial charge is 0.450 e. The van der Waals surface area contributed by atoms with Gasteiger partial charge in [0.25, 0.3) is 5.89 Å². The Morgan fingerprint density at radius 3 is 3.04 bits per heavy atom. The molecule has 3 aromatic heterocycles. The third kappa shape index (κ3) is 3.04. The molecule has 0 radical (unpaired) electrons. The van der Waals surface area contributed by atoms with Crippen molar-refractivity contribution in [3.63, 3.8) is 0 Å². The molecule has 0 unspecified atom stereocenters. The smallest absolute Gasteiger partial charge is 0.375 e. The summed E-state index contributed by atoms with van der Waals surface area (Å²) in [6, 6.07) is 7.05. The van der Waals surface area contributed by atoms with Crippen LogP contribution in [0.1, 0.15) is 22.0 Å². The number of aryl methyl sites for hydroxylation is 1. The molecular weight excluding hydrogens is 364 g/mol. The minimum absolute atomic E-state index is 0.132. The third-order valence-corrected chi connectivity index (χ3v) is 4.58. The quantitative estimate of drug-likeness (QED) is 0.474. The first-order valence-electron chi connectivity index (χ1n) is 7.33. The van der Waals surface area contributed by atoms with Gasteiger partial charge in [-0.05, 0) is 36.6 Å². The van der Waals surface area contributed by atoms with Gasteiger partial charge in [0.15, 0.2) is 6.61 Å². The van der Waals surface area contributed by atoms with E-state index in [4.69, 9.17) is 25.3 Å². The summed E-state index contributed by atoms with van der Waals surface area (Å²) in [5, 5.41) is 9.03. The van der Waals surface area contributed by atoms with Gasteiger partial charge >= 0.3 is 5.97 Å². The van der Waals surface area contributed by atoms with E-state index in [1.807, 2.05) is 16.8 Å². The van der Waals surface area contributed by atoms with Crippen LogP contribution in [0.2, 0.25) is 5.02 Å². The summed E-state index contributed by atoms with van der Waals surface area (Å²) in [6.07, 6.45) is 0. The Hall–Kier alpha value is -2.64. The topological polar surface area (TPSA) is 78.4 Å². The van der Waals surface area contributed by atoms with Crippen LogP contribution in [0.3, 0.4) is 0 Å². The Kier molecular flexibility index (Phi) is 4.03. The van der Waals surface area contributed by atoms with Gasteiger partial charge in [-0.15, -0.1) is 0 Å². The van der Waals surface area contributed by atoms with Crippen LogP contribution in [-0.2, 0) is 11.3 Å². The van der Waals surface area contributed by atoms with E-state index in [1.165, 1.54) is 11.3 Å². The maximum Gasteiger partial charge on any atom is 0.375 e. The van der Waals surface area contributed by atoms with E-state index < -0.39 is 5.97 Å². The molecule has 6 nitrogen and oxygen atoms in total. The first kappa shape index (κ1) is 15.9. The number of benzene rings is 1. The molecule has 4 aromatic rings. The molecule has 0 atom stereocenters. The number of fused-ring (bicyclic) bond motifs is 1. The van der Waals surface area contributed by atoms with Crippen molar-refractivity contribution in [2.45, 2.75) is 13.5 Å². The number of carbonyl (C=O) groups excluding carboxylic acids is 1. The van der Waals surface area contributed by atoms with E-state index in [9.17, 15) is 4.79 Å². The molecule has 0 saturated carbocycles. The Balaban J connectivity index is 1.50. The normalized spacial score (nSPS) is 11.1. The zero-order valence-corrected chi connectivity index (χ0v) is 14.6. The van der Waals surface area contributed by atoms with Gasteiger partial charge in [0.05, 0.1) is 0 Å². The monoisotopic (exact) mass is 374 g/mol. The van der Waals surface area contributed by atoms with E-state index in [0.29, 0.717) is 22.0 Å². The Morgan fingerprint density at radius 2 is 2.24 bits per heavy atom. The van der Waals surface area contributed by atoms with Gasteiger partial charge in [0.1, 0.15) is 5.58 Å². The molecule has 0 spiro atoms. The summed E-state index contributed by atoms with van der Waals surface area (Å²) in [4.78, 5) is 16.5. The fourth-order valence-electron chi connectivity index (χ4n) is 2.40. The highest BCUT2D eigenvalue weighted by Gasteiger charge is 2.20. The van der Waals surface area contributed by atoms with E-state index >= 15 is 0 Å². The minimum Gasteiger partial charge on any atom is -0.450 e. The molecule has 0 N–H and O–H groups in total. The van der Waals surface area contributed by atoms with Crippen molar-refractivity contribution in [3.05, 3.63) is 57.3 Å². The first-order valence-corrected chi connectivity index (χ1v) is 8.65. The Bertz CT molecular complexity index is 1050. The molecule has 25 heavy (non-hydrogen) atoms. The molecule has 0 bridgehead atoms. The lowest BCUT2D eigenvalue weighted by Crippen LogP contribution is -2.05. The van der Waals surface area contributed by atoms with Crippen LogP contribution < -0.4 is 0 Å². The van der Waals surface area contributed by atoms with Crippen LogP contribution in [0.4, 0.5) is 0 Å². The predicted molar refractivity (Wildman–Crippen MR) is 92.7 cm³/mol. The van der Waals surface area contributed by atoms with Gasteiger partial charge in [0.2, 0.25) is 11.6 Å². The van der Waals surface area contributed by atoms with Gasteiger partial charge in [-0.2, -0.15) is 16.3 Å². The van der Waals surface area contributed by atoms with Crippen LogP contribution in [0.5, 0.6) is 0 Å². The zero-order chi connectivity index (χ0) is 17.4. The van der Waals surface area contributed by atoms with Crippen LogP contribution in [0, 0.1) is 6.92 Å². The maximum absolute atomic E-state index is 12.3. The molecule has 8 heteroatoms. The number of carbonyl (C=O) groups is 1. The standard InChI is InChI=1S/C17H11ClN2O4S/c1-9-12-6-11(18)2-3-13(12)23-15(9)17(21)22-7-14-19-16(20-24-14)10-4-5-25-8-10/h2-6,8H,7H2,1H3. The lowest BCUT2D eigenvalue weighted by molar-refractivity contribution is 0.0395. The molecule has 0 saturated heterocycles. The lowest BCUT2D eigenvalue weighted by atomic mass is 10.1. The predicted octanol–water partition coefficient (Wildman–Crippen LogP) is 4.86. The van der Waals surface area contributed by atoms with Crippen LogP contribution in [-0.4, -0.2) is 16.1 Å². The van der Waals surface area contributed by atoms with Gasteiger partial charge < -0.3 is 13.7 Å². The number of nitrogens with zero attached hydrogens (tertiary/aromatic N) is 2. The number of rotatable bonds is 4. The fraction of sp³-hybridized carbons (Fsp3) is 0.118. The summed E-state index contributed by atoms with van der Waals surface area (Å²) in [5.41, 5.74) is 2.11. The van der Waals surface area contributed by atoms with Gasteiger partial charge in [-0.1, -0.05) is 16.8 Å². The first-order chi connectivity index (χ1) is 12.1. The zero-order valence-electron chi connectivity index (χ0n) is 13.0. The number of hydrogen-bond acceptors (Lipinski definition) is 7. The van der Waals surface area contributed by atoms with Gasteiger partial charge in [-0.3, -0.25) is 0 Å². The minimum atomic E-state index is -0.597. The number of furan rings is 1. The van der Waals surface area contributed by atoms with E-state index in [1.54, 1.807) is 25.1 Å². The van der Waals surface area contributed by atoms with Crippen molar-refractivity contribution in [2.24, 2.45) is 0 Å². The van der Waals surface area contributed by atoms with E-state index in [0.717, 1.165) is 10.9 Å². The van der Waals surface area contributed by atoms with Crippen LogP contribution in [0.25, 0.3) is 22.4 Å². The summed E-state index contributed by atoms with van der Waals surface area (Å²) < 4.78 is 15.9. The number of hydrogen-bond donors (Lipinski definition) is 0. The molecule has 0 aliphatic rings. The highest BCUT2D eigenvalue weighted by molar-refractivity contribution is 7.08. The summed E-state index contributed by atoms with van der Waals surface area (Å²) in [6.45, 7) is 1.65. The lowest BCUT2D eigenvalue weighted by Gasteiger charge is -1.99. The second-order valence-corrected chi connectivity index (χ2v) is 6.51. The second kappa shape index (κ2) is 6.34. The summed E-state index contributed by atoms with van der Waals surface area (Å²) in [7, 11) is 0. The molecule has 0 fully saturated rings. The summed E-state index contributed by atoms with van der Waals surface area (Å²) >= 11 is 7.52. The van der Waals surface area contributed by atoms with E-state index in [-0.39, 0.29) is 18.3 Å². The number of aromatic nitrogens is 2. The highest BCUT2D eigenvalue weighted by Crippen LogP contribution is 2.28. The van der Waals surface area contributed by atoms with Crippen molar-refractivity contribution >= 4 is 39.9 Å². The third-order valence-electron chi connectivity index (χ3n) is 3.66. The van der Waals surface area contributed by atoms with Crippen LogP contribution >= 0.6 is 22.9 Å². The molecule has 126 valence electrons. The average Bonchev–Trinajstić information content (AvgIpc) is 3.33. The average molecular weight is 375 g/mol. The Labute approximate surface area is 151 Å². The number of esters is 1. The second-order valence-electron chi connectivity index (χ2n) is 5.30. The fourth-order valence-corrected chi connectivity index (χ4v) is 3.21. The number of halogens is 1. The maximum atomic E-state index is 12.3. The summed E-state index contributed by atoms with van der Waals surface area (Å²) in [5.74, 6) is 0.211. The highest BCUT2D eigenvalue weighted by atomic mass is 35.5. The molecule has 1 aromatic carbocycles. The number of ether oxygens (including phenoxy) is 1. The van der Waals surface area contributed by atoms with Crippen LogP contribution in [0.15, 0.2) is 44.0 Å².